The summed E-state index contributed by atoms with van der Waals surface area (Å²) in [6.45, 7) is 1.29. The smallest absolute Gasteiger partial charge is 0.308 e. The summed E-state index contributed by atoms with van der Waals surface area (Å²) in [6.07, 6.45) is 1.47. The third kappa shape index (κ3) is 4.46. The number of rotatable bonds is 5. The quantitative estimate of drug-likeness (QED) is 0.375. The Morgan fingerprint density at radius 1 is 1.30 bits per heavy atom. The van der Waals surface area contributed by atoms with E-state index >= 15 is 0 Å². The van der Waals surface area contributed by atoms with Gasteiger partial charge in [0.2, 0.25) is 11.7 Å². The van der Waals surface area contributed by atoms with Crippen LogP contribution in [0.15, 0.2) is 22.3 Å². The molecule has 0 saturated carbocycles. The van der Waals surface area contributed by atoms with Crippen LogP contribution in [0.25, 0.3) is 0 Å². The number of nitrogens with one attached hydrogen (secondary N) is 1. The van der Waals surface area contributed by atoms with Crippen molar-refractivity contribution in [2.24, 2.45) is 10.2 Å². The Labute approximate surface area is 136 Å². The van der Waals surface area contributed by atoms with E-state index < -0.39 is 5.97 Å². The highest BCUT2D eigenvalue weighted by Gasteiger charge is 2.17. The number of nitrogens with zero attached hydrogens (tertiary/aromatic N) is 2. The van der Waals surface area contributed by atoms with Gasteiger partial charge in [-0.15, -0.1) is 5.10 Å². The van der Waals surface area contributed by atoms with Gasteiger partial charge in [-0.2, -0.15) is 5.10 Å². The van der Waals surface area contributed by atoms with E-state index in [2.05, 4.69) is 15.5 Å². The summed E-state index contributed by atoms with van der Waals surface area (Å²) in [4.78, 5) is 22.2. The molecule has 0 spiro atoms. The molecule has 1 aliphatic heterocycles. The molecule has 2 rings (SSSR count). The molecule has 1 aromatic carbocycles. The molecule has 9 heteroatoms. The first-order chi connectivity index (χ1) is 11.0. The molecular formula is C14H15N3O5S. The molecule has 1 amide bonds. The van der Waals surface area contributed by atoms with E-state index in [1.165, 1.54) is 39.1 Å². The molecule has 0 unspecified atom stereocenters. The number of thioether (sulfide) groups is 1. The summed E-state index contributed by atoms with van der Waals surface area (Å²) >= 11 is 1.28. The Morgan fingerprint density at radius 3 is 2.43 bits per heavy atom. The van der Waals surface area contributed by atoms with Gasteiger partial charge in [-0.25, -0.2) is 0 Å². The normalized spacial score (nSPS) is 15.8. The Bertz CT molecular complexity index is 662. The van der Waals surface area contributed by atoms with Gasteiger partial charge in [0.1, 0.15) is 0 Å². The number of methoxy groups -OCH3 is 2. The van der Waals surface area contributed by atoms with Crippen LogP contribution in [0.2, 0.25) is 0 Å². The predicted octanol–water partition coefficient (Wildman–Crippen LogP) is 1.18. The van der Waals surface area contributed by atoms with Crippen LogP contribution in [0, 0.1) is 0 Å². The van der Waals surface area contributed by atoms with Crippen molar-refractivity contribution in [3.8, 4) is 17.2 Å². The highest BCUT2D eigenvalue weighted by Crippen LogP contribution is 2.38. The first-order valence-electron chi connectivity index (χ1n) is 6.51. The summed E-state index contributed by atoms with van der Waals surface area (Å²) in [5.74, 6) is 0.619. The number of benzene rings is 1. The second-order valence-electron chi connectivity index (χ2n) is 4.33. The van der Waals surface area contributed by atoms with Crippen LogP contribution in [0.5, 0.6) is 17.2 Å². The summed E-state index contributed by atoms with van der Waals surface area (Å²) < 4.78 is 15.5. The minimum atomic E-state index is -0.483. The van der Waals surface area contributed by atoms with Crippen molar-refractivity contribution in [1.29, 1.82) is 0 Å². The molecule has 0 bridgehead atoms. The fraction of sp³-hybridized carbons (Fsp3) is 0.286. The van der Waals surface area contributed by atoms with E-state index in [4.69, 9.17) is 14.2 Å². The highest BCUT2D eigenvalue weighted by molar-refractivity contribution is 8.15. The summed E-state index contributed by atoms with van der Waals surface area (Å²) in [7, 11) is 2.90. The SMILES string of the molecule is COc1cc(/C=N\N=C2NC(=O)CS2)cc(OC)c1OC(C)=O. The molecule has 122 valence electrons. The summed E-state index contributed by atoms with van der Waals surface area (Å²) in [5, 5.41) is 10.8. The maximum atomic E-state index is 11.2. The second-order valence-corrected chi connectivity index (χ2v) is 5.30. The largest absolute Gasteiger partial charge is 0.493 e. The van der Waals surface area contributed by atoms with E-state index in [0.717, 1.165) is 0 Å². The Balaban J connectivity index is 2.25. The molecule has 8 nitrogen and oxygen atoms in total. The average molecular weight is 337 g/mol. The van der Waals surface area contributed by atoms with Crippen molar-refractivity contribution >= 4 is 35.0 Å². The molecule has 1 aliphatic rings. The average Bonchev–Trinajstić information content (AvgIpc) is 2.93. The van der Waals surface area contributed by atoms with Gasteiger partial charge < -0.3 is 19.5 Å². The standard InChI is InChI=1S/C14H15N3O5S/c1-8(18)22-13-10(20-2)4-9(5-11(13)21-3)6-15-17-14-16-12(19)7-23-14/h4-6H,7H2,1-3H3,(H,16,17,19)/b15-6-. The van der Waals surface area contributed by atoms with Crippen LogP contribution in [0.4, 0.5) is 0 Å². The number of carbonyl (C=O) groups excluding carboxylic acids is 2. The number of hydrogen-bond donors (Lipinski definition) is 1. The Morgan fingerprint density at radius 2 is 1.96 bits per heavy atom. The number of carbonyl (C=O) groups is 2. The van der Waals surface area contributed by atoms with Crippen LogP contribution in [0.3, 0.4) is 0 Å². The van der Waals surface area contributed by atoms with Crippen molar-refractivity contribution in [1.82, 2.24) is 5.32 Å². The molecule has 0 aliphatic carbocycles. The van der Waals surface area contributed by atoms with Crippen molar-refractivity contribution in [2.45, 2.75) is 6.92 Å². The van der Waals surface area contributed by atoms with Crippen molar-refractivity contribution in [2.75, 3.05) is 20.0 Å². The molecule has 23 heavy (non-hydrogen) atoms. The van der Waals surface area contributed by atoms with E-state index in [1.807, 2.05) is 0 Å². The Kier molecular flexibility index (Phi) is 5.58. The monoisotopic (exact) mass is 337 g/mol. The van der Waals surface area contributed by atoms with E-state index in [0.29, 0.717) is 28.0 Å². The maximum Gasteiger partial charge on any atom is 0.308 e. The number of amidine groups is 1. The number of ether oxygens (including phenoxy) is 3. The van der Waals surface area contributed by atoms with Crippen LogP contribution in [0.1, 0.15) is 12.5 Å². The van der Waals surface area contributed by atoms with E-state index in [9.17, 15) is 9.59 Å². The van der Waals surface area contributed by atoms with E-state index in [1.54, 1.807) is 12.1 Å². The van der Waals surface area contributed by atoms with Crippen molar-refractivity contribution in [3.05, 3.63) is 17.7 Å². The predicted molar refractivity (Wildman–Crippen MR) is 86.5 cm³/mol. The van der Waals surface area contributed by atoms with Crippen LogP contribution < -0.4 is 19.5 Å². The van der Waals surface area contributed by atoms with E-state index in [-0.39, 0.29) is 11.7 Å². The number of esters is 1. The summed E-state index contributed by atoms with van der Waals surface area (Å²) in [6, 6.07) is 3.26. The topological polar surface area (TPSA) is 98.6 Å². The minimum absolute atomic E-state index is 0.0991. The molecule has 1 fully saturated rings. The zero-order chi connectivity index (χ0) is 16.8. The third-order valence-electron chi connectivity index (χ3n) is 2.67. The van der Waals surface area contributed by atoms with Gasteiger partial charge in [0.15, 0.2) is 16.7 Å². The zero-order valence-corrected chi connectivity index (χ0v) is 13.6. The molecule has 0 atom stereocenters. The van der Waals surface area contributed by atoms with Crippen molar-refractivity contribution in [3.63, 3.8) is 0 Å². The zero-order valence-electron chi connectivity index (χ0n) is 12.8. The first kappa shape index (κ1) is 16.8. The molecule has 1 N–H and O–H groups in total. The summed E-state index contributed by atoms with van der Waals surface area (Å²) in [5.41, 5.74) is 0.633. The fourth-order valence-electron chi connectivity index (χ4n) is 1.75. The third-order valence-corrected chi connectivity index (χ3v) is 3.53. The van der Waals surface area contributed by atoms with Crippen molar-refractivity contribution < 1.29 is 23.8 Å². The first-order valence-corrected chi connectivity index (χ1v) is 7.50. The molecule has 1 heterocycles. The maximum absolute atomic E-state index is 11.2. The number of amides is 1. The van der Waals surface area contributed by atoms with Gasteiger partial charge in [0.05, 0.1) is 26.2 Å². The van der Waals surface area contributed by atoms with Gasteiger partial charge in [-0.1, -0.05) is 11.8 Å². The fourth-order valence-corrected chi connectivity index (χ4v) is 2.38. The van der Waals surface area contributed by atoms with Gasteiger partial charge in [0, 0.05) is 12.5 Å². The highest BCUT2D eigenvalue weighted by atomic mass is 32.2. The lowest BCUT2D eigenvalue weighted by Gasteiger charge is -2.13. The molecular weight excluding hydrogens is 322 g/mol. The lowest BCUT2D eigenvalue weighted by atomic mass is 10.2. The Hall–Kier alpha value is -2.55. The molecule has 1 aromatic rings. The van der Waals surface area contributed by atoms with Gasteiger partial charge in [-0.05, 0) is 12.1 Å². The van der Waals surface area contributed by atoms with Gasteiger partial charge in [0.25, 0.3) is 0 Å². The second kappa shape index (κ2) is 7.63. The molecule has 0 aromatic heterocycles. The minimum Gasteiger partial charge on any atom is -0.493 e. The van der Waals surface area contributed by atoms with Gasteiger partial charge >= 0.3 is 5.97 Å². The molecule has 1 saturated heterocycles. The van der Waals surface area contributed by atoms with Crippen LogP contribution >= 0.6 is 11.8 Å². The molecule has 0 radical (unpaired) electrons. The lowest BCUT2D eigenvalue weighted by Crippen LogP contribution is -2.19. The lowest BCUT2D eigenvalue weighted by molar-refractivity contribution is -0.132. The van der Waals surface area contributed by atoms with Gasteiger partial charge in [-0.3, -0.25) is 9.59 Å². The number of hydrogen-bond acceptors (Lipinski definition) is 8. The van der Waals surface area contributed by atoms with Crippen LogP contribution in [-0.2, 0) is 9.59 Å². The van der Waals surface area contributed by atoms with Crippen LogP contribution in [-0.4, -0.2) is 43.2 Å².